The molecule has 0 bridgehead atoms. The van der Waals surface area contributed by atoms with Gasteiger partial charge in [-0.3, -0.25) is 0 Å². The van der Waals surface area contributed by atoms with Crippen molar-refractivity contribution in [3.8, 4) is 0 Å². The summed E-state index contributed by atoms with van der Waals surface area (Å²) < 4.78 is -0.720. The molecule has 0 aromatic heterocycles. The Morgan fingerprint density at radius 1 is 1.69 bits per heavy atom. The maximum absolute atomic E-state index is 11.3. The van der Waals surface area contributed by atoms with Crippen LogP contribution in [0, 0.1) is 5.92 Å². The second-order valence-electron chi connectivity index (χ2n) is 3.36. The molecule has 0 aromatic rings. The molecule has 1 aliphatic rings. The molecule has 1 atom stereocenters. The van der Waals surface area contributed by atoms with Gasteiger partial charge in [0.2, 0.25) is 5.03 Å². The zero-order chi connectivity index (χ0) is 10.2. The normalized spacial score (nSPS) is 28.1. The fraction of sp³-hybridized carbons (Fsp3) is 0.444. The van der Waals surface area contributed by atoms with Crippen LogP contribution >= 0.6 is 11.8 Å². The maximum atomic E-state index is 11.3. The van der Waals surface area contributed by atoms with Gasteiger partial charge in [-0.2, -0.15) is 5.21 Å². The lowest BCUT2D eigenvalue weighted by Gasteiger charge is -2.24. The lowest BCUT2D eigenvalue weighted by atomic mass is 10.1. The van der Waals surface area contributed by atoms with Crippen LogP contribution in [0.25, 0.3) is 0 Å². The fourth-order valence-corrected chi connectivity index (χ4v) is 2.36. The fourth-order valence-electron chi connectivity index (χ4n) is 1.29. The average molecular weight is 200 g/mol. The lowest BCUT2D eigenvalue weighted by molar-refractivity contribution is -0.971. The molecule has 0 fully saturated rings. The number of allylic oxidation sites excluding steroid dienone is 1. The lowest BCUT2D eigenvalue weighted by Crippen LogP contribution is -2.44. The molecule has 3 nitrogen and oxygen atoms in total. The summed E-state index contributed by atoms with van der Waals surface area (Å²) >= 11 is 1.31. The van der Waals surface area contributed by atoms with Crippen molar-refractivity contribution in [1.82, 2.24) is 0 Å². The third-order valence-electron chi connectivity index (χ3n) is 2.10. The van der Waals surface area contributed by atoms with E-state index in [1.807, 2.05) is 13.8 Å². The summed E-state index contributed by atoms with van der Waals surface area (Å²) in [5, 5.41) is 12.3. The Morgan fingerprint density at radius 3 is 2.54 bits per heavy atom. The van der Waals surface area contributed by atoms with Gasteiger partial charge in [0, 0.05) is 11.3 Å². The topological polar surface area (TPSA) is 37.3 Å². The van der Waals surface area contributed by atoms with E-state index in [0.717, 1.165) is 0 Å². The highest BCUT2D eigenvalue weighted by molar-refractivity contribution is 8.05. The molecule has 1 rings (SSSR count). The van der Waals surface area contributed by atoms with Gasteiger partial charge in [0.1, 0.15) is 0 Å². The van der Waals surface area contributed by atoms with E-state index in [9.17, 15) is 10.0 Å². The number of nitrogens with zero attached hydrogens (tertiary/aromatic N) is 1. The van der Waals surface area contributed by atoms with E-state index < -0.39 is 4.65 Å². The van der Waals surface area contributed by atoms with E-state index >= 15 is 0 Å². The number of quaternary nitrogens is 1. The van der Waals surface area contributed by atoms with Crippen LogP contribution in [0.15, 0.2) is 22.7 Å². The Kier molecular flexibility index (Phi) is 2.66. The standard InChI is InChI=1S/C9H14NO2S/c1-6(2)9-5-13-8(4)10(9,12)7(3)11/h5-6,12H,4H2,1-3H3/q+1. The van der Waals surface area contributed by atoms with Gasteiger partial charge >= 0.3 is 5.91 Å². The molecule has 1 unspecified atom stereocenters. The second-order valence-corrected chi connectivity index (χ2v) is 4.31. The van der Waals surface area contributed by atoms with Gasteiger partial charge in [-0.15, -0.1) is 0 Å². The van der Waals surface area contributed by atoms with Gasteiger partial charge < -0.3 is 0 Å². The number of hydroxylamine groups is 3. The van der Waals surface area contributed by atoms with Crippen LogP contribution < -0.4 is 0 Å². The highest BCUT2D eigenvalue weighted by atomic mass is 32.2. The highest BCUT2D eigenvalue weighted by Gasteiger charge is 2.47. The Balaban J connectivity index is 3.12. The minimum Gasteiger partial charge on any atom is -0.227 e. The molecule has 0 aromatic carbocycles. The molecule has 0 saturated heterocycles. The summed E-state index contributed by atoms with van der Waals surface area (Å²) in [5.74, 6) is -0.171. The smallest absolute Gasteiger partial charge is 0.227 e. The Labute approximate surface area is 82.3 Å². The molecule has 0 saturated carbocycles. The van der Waals surface area contributed by atoms with Crippen LogP contribution in [0.1, 0.15) is 20.8 Å². The zero-order valence-corrected chi connectivity index (χ0v) is 8.89. The van der Waals surface area contributed by atoms with Gasteiger partial charge in [-0.25, -0.2) is 4.79 Å². The van der Waals surface area contributed by atoms with Crippen molar-refractivity contribution in [1.29, 1.82) is 0 Å². The molecular formula is C9H14NO2S+. The number of carbonyl (C=O) groups is 1. The summed E-state index contributed by atoms with van der Waals surface area (Å²) in [6, 6.07) is 0. The first-order valence-electron chi connectivity index (χ1n) is 4.10. The van der Waals surface area contributed by atoms with E-state index in [1.54, 1.807) is 5.41 Å². The molecule has 1 heterocycles. The zero-order valence-electron chi connectivity index (χ0n) is 8.07. The van der Waals surface area contributed by atoms with E-state index in [2.05, 4.69) is 6.58 Å². The third kappa shape index (κ3) is 1.45. The first-order chi connectivity index (χ1) is 5.90. The molecule has 1 amide bonds. The Hall–Kier alpha value is -0.580. The molecule has 0 radical (unpaired) electrons. The summed E-state index contributed by atoms with van der Waals surface area (Å²) in [6.07, 6.45) is 0. The van der Waals surface area contributed by atoms with Gasteiger partial charge in [-0.05, 0) is 18.3 Å². The Morgan fingerprint density at radius 2 is 2.23 bits per heavy atom. The molecule has 0 spiro atoms. The van der Waals surface area contributed by atoms with Crippen LogP contribution in [0.5, 0.6) is 0 Å². The third-order valence-corrected chi connectivity index (χ3v) is 2.99. The van der Waals surface area contributed by atoms with Crippen molar-refractivity contribution in [2.75, 3.05) is 0 Å². The number of amides is 1. The Bertz CT molecular complexity index is 296. The molecule has 0 aliphatic carbocycles. The highest BCUT2D eigenvalue weighted by Crippen LogP contribution is 2.42. The van der Waals surface area contributed by atoms with E-state index in [4.69, 9.17) is 0 Å². The number of carbonyl (C=O) groups excluding carboxylic acids is 1. The molecule has 1 aliphatic heterocycles. The van der Waals surface area contributed by atoms with Gasteiger partial charge in [-0.1, -0.05) is 18.5 Å². The second kappa shape index (κ2) is 3.29. The van der Waals surface area contributed by atoms with E-state index in [0.29, 0.717) is 10.7 Å². The first-order valence-corrected chi connectivity index (χ1v) is 4.98. The molecular weight excluding hydrogens is 186 g/mol. The van der Waals surface area contributed by atoms with Crippen LogP contribution in [-0.4, -0.2) is 15.8 Å². The van der Waals surface area contributed by atoms with Gasteiger partial charge in [0.15, 0.2) is 5.70 Å². The minimum absolute atomic E-state index is 0.139. The van der Waals surface area contributed by atoms with Crippen LogP contribution in [0.2, 0.25) is 0 Å². The summed E-state index contributed by atoms with van der Waals surface area (Å²) in [6.45, 7) is 8.93. The predicted octanol–water partition coefficient (Wildman–Crippen LogP) is 2.45. The number of rotatable bonds is 1. The number of thioether (sulfide) groups is 1. The number of hydrogen-bond acceptors (Lipinski definition) is 3. The summed E-state index contributed by atoms with van der Waals surface area (Å²) in [5.41, 5.74) is 0.697. The van der Waals surface area contributed by atoms with Crippen molar-refractivity contribution in [3.05, 3.63) is 22.7 Å². The maximum Gasteiger partial charge on any atom is 0.353 e. The summed E-state index contributed by atoms with van der Waals surface area (Å²) in [7, 11) is 0. The SMILES string of the molecule is C=C1SC=C(C(C)C)[N+]1(O)C(C)=O. The van der Waals surface area contributed by atoms with Crippen molar-refractivity contribution in [2.45, 2.75) is 20.8 Å². The van der Waals surface area contributed by atoms with Gasteiger partial charge in [0.25, 0.3) is 0 Å². The average Bonchev–Trinajstić information content (AvgIpc) is 2.30. The largest absolute Gasteiger partial charge is 0.353 e. The number of hydrogen-bond donors (Lipinski definition) is 1. The van der Waals surface area contributed by atoms with Gasteiger partial charge in [0.05, 0.1) is 6.92 Å². The van der Waals surface area contributed by atoms with E-state index in [1.165, 1.54) is 18.7 Å². The van der Waals surface area contributed by atoms with Crippen LogP contribution in [0.4, 0.5) is 0 Å². The molecule has 1 N–H and O–H groups in total. The molecule has 4 heteroatoms. The quantitative estimate of drug-likeness (QED) is 0.522. The van der Waals surface area contributed by atoms with Crippen LogP contribution in [-0.2, 0) is 4.79 Å². The van der Waals surface area contributed by atoms with Crippen molar-refractivity contribution in [2.24, 2.45) is 5.92 Å². The van der Waals surface area contributed by atoms with Crippen LogP contribution in [0.3, 0.4) is 0 Å². The summed E-state index contributed by atoms with van der Waals surface area (Å²) in [4.78, 5) is 11.3. The first kappa shape index (κ1) is 10.5. The molecule has 13 heavy (non-hydrogen) atoms. The monoisotopic (exact) mass is 200 g/mol. The van der Waals surface area contributed by atoms with Crippen molar-refractivity contribution < 1.29 is 14.6 Å². The minimum atomic E-state index is -0.720. The van der Waals surface area contributed by atoms with E-state index in [-0.39, 0.29) is 11.8 Å². The predicted molar refractivity (Wildman–Crippen MR) is 52.4 cm³/mol. The van der Waals surface area contributed by atoms with Crippen molar-refractivity contribution in [3.63, 3.8) is 0 Å². The molecule has 72 valence electrons. The van der Waals surface area contributed by atoms with Crippen molar-refractivity contribution >= 4 is 17.7 Å².